The minimum Gasteiger partial charge on any atom is -0.480 e. The summed E-state index contributed by atoms with van der Waals surface area (Å²) in [6.45, 7) is -0.475. The number of hydrogen-bond acceptors (Lipinski definition) is 5. The van der Waals surface area contributed by atoms with E-state index in [-0.39, 0.29) is 23.8 Å². The molecule has 21 heavy (non-hydrogen) atoms. The van der Waals surface area contributed by atoms with Gasteiger partial charge in [-0.3, -0.25) is 9.59 Å². The highest BCUT2D eigenvalue weighted by molar-refractivity contribution is 7.91. The van der Waals surface area contributed by atoms with E-state index in [0.29, 0.717) is 18.6 Å². The zero-order valence-electron chi connectivity index (χ0n) is 11.4. The second-order valence-electron chi connectivity index (χ2n) is 5.05. The molecule has 0 saturated carbocycles. The molecule has 7 nitrogen and oxygen atoms in total. The molecular weight excluding hydrogens is 298 g/mol. The van der Waals surface area contributed by atoms with Crippen LogP contribution in [0.3, 0.4) is 0 Å². The van der Waals surface area contributed by atoms with Crippen LogP contribution in [0.2, 0.25) is 0 Å². The van der Waals surface area contributed by atoms with Gasteiger partial charge in [0.1, 0.15) is 12.3 Å². The third-order valence-electron chi connectivity index (χ3n) is 3.44. The molecule has 0 spiro atoms. The van der Waals surface area contributed by atoms with E-state index in [0.717, 1.165) is 4.90 Å². The molecule has 8 heteroatoms. The first-order chi connectivity index (χ1) is 9.87. The molecule has 1 aromatic heterocycles. The van der Waals surface area contributed by atoms with Gasteiger partial charge in [-0.1, -0.05) is 0 Å². The Balaban J connectivity index is 2.01. The van der Waals surface area contributed by atoms with Gasteiger partial charge in [-0.15, -0.1) is 0 Å². The fourth-order valence-corrected chi connectivity index (χ4v) is 4.15. The number of furan rings is 1. The van der Waals surface area contributed by atoms with Crippen LogP contribution in [0.25, 0.3) is 0 Å². The molecule has 0 radical (unpaired) electrons. The molecule has 1 N–H and O–H groups in total. The van der Waals surface area contributed by atoms with E-state index in [4.69, 9.17) is 9.52 Å². The predicted octanol–water partition coefficient (Wildman–Crippen LogP) is 0.313. The molecule has 1 aliphatic heterocycles. The minimum atomic E-state index is -3.17. The quantitative estimate of drug-likeness (QED) is 0.810. The fourth-order valence-electron chi connectivity index (χ4n) is 2.42. The first kappa shape index (κ1) is 15.6. The molecule has 0 bridgehead atoms. The predicted molar refractivity (Wildman–Crippen MR) is 73.4 cm³/mol. The summed E-state index contributed by atoms with van der Waals surface area (Å²) in [6, 6.07) is 2.89. The SMILES string of the molecule is O=C(O)CN(C(=O)CCc1ccco1)C1CCS(=O)(=O)C1. The summed E-state index contributed by atoms with van der Waals surface area (Å²) in [5.41, 5.74) is 0. The first-order valence-electron chi connectivity index (χ1n) is 6.61. The molecule has 0 aliphatic carbocycles. The van der Waals surface area contributed by atoms with E-state index in [2.05, 4.69) is 0 Å². The van der Waals surface area contributed by atoms with Crippen LogP contribution < -0.4 is 0 Å². The van der Waals surface area contributed by atoms with E-state index in [1.807, 2.05) is 0 Å². The number of hydrogen-bond donors (Lipinski definition) is 1. The number of amides is 1. The zero-order valence-corrected chi connectivity index (χ0v) is 12.2. The van der Waals surface area contributed by atoms with Gasteiger partial charge in [-0.05, 0) is 18.6 Å². The Morgan fingerprint density at radius 1 is 1.43 bits per heavy atom. The maximum atomic E-state index is 12.2. The van der Waals surface area contributed by atoms with Crippen molar-refractivity contribution in [1.29, 1.82) is 0 Å². The van der Waals surface area contributed by atoms with Crippen molar-refractivity contribution in [2.75, 3.05) is 18.1 Å². The lowest BCUT2D eigenvalue weighted by molar-refractivity contribution is -0.145. The van der Waals surface area contributed by atoms with E-state index in [9.17, 15) is 18.0 Å². The topological polar surface area (TPSA) is 105 Å². The molecular formula is C13H17NO6S. The summed E-state index contributed by atoms with van der Waals surface area (Å²) in [6.07, 6.45) is 2.25. The Morgan fingerprint density at radius 2 is 2.19 bits per heavy atom. The van der Waals surface area contributed by atoms with Crippen LogP contribution in [0.15, 0.2) is 22.8 Å². The number of rotatable bonds is 6. The van der Waals surface area contributed by atoms with Crippen molar-refractivity contribution < 1.29 is 27.5 Å². The molecule has 0 aromatic carbocycles. The Kier molecular flexibility index (Phi) is 4.66. The molecule has 1 atom stereocenters. The monoisotopic (exact) mass is 315 g/mol. The standard InChI is InChI=1S/C13H17NO6S/c15-12(4-3-11-2-1-6-20-11)14(8-13(16)17)10-5-7-21(18,19)9-10/h1-2,6,10H,3-5,7-9H2,(H,16,17). The van der Waals surface area contributed by atoms with Crippen LogP contribution in [0.4, 0.5) is 0 Å². The largest absolute Gasteiger partial charge is 0.480 e. The molecule has 2 rings (SSSR count). The number of carboxylic acid groups (broad SMARTS) is 1. The lowest BCUT2D eigenvalue weighted by Crippen LogP contribution is -2.44. The van der Waals surface area contributed by atoms with Gasteiger partial charge in [0.25, 0.3) is 0 Å². The van der Waals surface area contributed by atoms with E-state index in [1.165, 1.54) is 6.26 Å². The second-order valence-corrected chi connectivity index (χ2v) is 7.28. The number of aryl methyl sites for hydroxylation is 1. The summed E-state index contributed by atoms with van der Waals surface area (Å²) in [5.74, 6) is -1.04. The lowest BCUT2D eigenvalue weighted by Gasteiger charge is -2.26. The van der Waals surface area contributed by atoms with Gasteiger partial charge < -0.3 is 14.4 Å². The Hall–Kier alpha value is -1.83. The van der Waals surface area contributed by atoms with Crippen molar-refractivity contribution in [1.82, 2.24) is 4.90 Å². The van der Waals surface area contributed by atoms with Crippen LogP contribution in [0.1, 0.15) is 18.6 Å². The maximum Gasteiger partial charge on any atom is 0.323 e. The molecule has 1 unspecified atom stereocenters. The molecule has 1 aromatic rings. The van der Waals surface area contributed by atoms with Crippen molar-refractivity contribution in [2.45, 2.75) is 25.3 Å². The van der Waals surface area contributed by atoms with Crippen LogP contribution >= 0.6 is 0 Å². The molecule has 1 saturated heterocycles. The number of sulfone groups is 1. The second kappa shape index (κ2) is 6.30. The lowest BCUT2D eigenvalue weighted by atomic mass is 10.1. The van der Waals surface area contributed by atoms with E-state index in [1.54, 1.807) is 12.1 Å². The van der Waals surface area contributed by atoms with E-state index < -0.39 is 28.4 Å². The molecule has 2 heterocycles. The minimum absolute atomic E-state index is 0.000744. The highest BCUT2D eigenvalue weighted by Gasteiger charge is 2.35. The number of carbonyl (C=O) groups excluding carboxylic acids is 1. The molecule has 1 aliphatic rings. The number of aliphatic carboxylic acids is 1. The highest BCUT2D eigenvalue weighted by Crippen LogP contribution is 2.19. The number of carboxylic acids is 1. The van der Waals surface area contributed by atoms with Gasteiger partial charge >= 0.3 is 5.97 Å². The van der Waals surface area contributed by atoms with Gasteiger partial charge in [0.15, 0.2) is 9.84 Å². The number of carbonyl (C=O) groups is 2. The Labute approximate surface area is 122 Å². The highest BCUT2D eigenvalue weighted by atomic mass is 32.2. The summed E-state index contributed by atoms with van der Waals surface area (Å²) in [7, 11) is -3.17. The van der Waals surface area contributed by atoms with Gasteiger partial charge in [0.05, 0.1) is 17.8 Å². The smallest absolute Gasteiger partial charge is 0.323 e. The van der Waals surface area contributed by atoms with Crippen molar-refractivity contribution in [3.8, 4) is 0 Å². The fraction of sp³-hybridized carbons (Fsp3) is 0.538. The van der Waals surface area contributed by atoms with Crippen molar-refractivity contribution in [3.63, 3.8) is 0 Å². The first-order valence-corrected chi connectivity index (χ1v) is 8.43. The van der Waals surface area contributed by atoms with Crippen LogP contribution in [-0.2, 0) is 25.8 Å². The zero-order chi connectivity index (χ0) is 15.5. The van der Waals surface area contributed by atoms with E-state index >= 15 is 0 Å². The average molecular weight is 315 g/mol. The van der Waals surface area contributed by atoms with Crippen LogP contribution in [0.5, 0.6) is 0 Å². The van der Waals surface area contributed by atoms with Gasteiger partial charge in [0.2, 0.25) is 5.91 Å². The van der Waals surface area contributed by atoms with Crippen molar-refractivity contribution in [3.05, 3.63) is 24.2 Å². The van der Waals surface area contributed by atoms with Crippen molar-refractivity contribution >= 4 is 21.7 Å². The maximum absolute atomic E-state index is 12.2. The molecule has 116 valence electrons. The third kappa shape index (κ3) is 4.32. The normalized spacial score (nSPS) is 20.3. The Bertz CT molecular complexity index is 607. The van der Waals surface area contributed by atoms with Crippen molar-refractivity contribution in [2.24, 2.45) is 0 Å². The molecule has 1 fully saturated rings. The van der Waals surface area contributed by atoms with Crippen LogP contribution in [0, 0.1) is 0 Å². The summed E-state index contributed by atoms with van der Waals surface area (Å²) in [5, 5.41) is 8.91. The van der Waals surface area contributed by atoms with Gasteiger partial charge in [-0.25, -0.2) is 8.42 Å². The Morgan fingerprint density at radius 3 is 2.71 bits per heavy atom. The van der Waals surface area contributed by atoms with Gasteiger partial charge in [0, 0.05) is 18.9 Å². The number of nitrogens with zero attached hydrogens (tertiary/aromatic N) is 1. The summed E-state index contributed by atoms with van der Waals surface area (Å²) in [4.78, 5) is 24.3. The molecule has 1 amide bonds. The van der Waals surface area contributed by atoms with Gasteiger partial charge in [-0.2, -0.15) is 0 Å². The average Bonchev–Trinajstić information content (AvgIpc) is 3.02. The third-order valence-corrected chi connectivity index (χ3v) is 5.19. The van der Waals surface area contributed by atoms with Crippen LogP contribution in [-0.4, -0.2) is 54.4 Å². The summed E-state index contributed by atoms with van der Waals surface area (Å²) >= 11 is 0. The summed E-state index contributed by atoms with van der Waals surface area (Å²) < 4.78 is 28.1.